The highest BCUT2D eigenvalue weighted by Gasteiger charge is 2.31. The molecule has 0 saturated heterocycles. The van der Waals surface area contributed by atoms with Crippen molar-refractivity contribution in [3.63, 3.8) is 0 Å². The van der Waals surface area contributed by atoms with Crippen molar-refractivity contribution in [2.24, 2.45) is 0 Å². The minimum atomic E-state index is -0.677. The molecule has 15 heavy (non-hydrogen) atoms. The fourth-order valence-electron chi connectivity index (χ4n) is 1.54. The van der Waals surface area contributed by atoms with Gasteiger partial charge in [0.25, 0.3) is 0 Å². The number of cyclic esters (lactones) is 1. The number of rotatable bonds is 4. The number of esters is 1. The summed E-state index contributed by atoms with van der Waals surface area (Å²) in [6.07, 6.45) is 1.53. The van der Waals surface area contributed by atoms with Gasteiger partial charge in [-0.1, -0.05) is 13.8 Å². The van der Waals surface area contributed by atoms with Crippen LogP contribution in [-0.2, 0) is 14.3 Å². The predicted molar refractivity (Wildman–Crippen MR) is 54.4 cm³/mol. The Morgan fingerprint density at radius 3 is 2.67 bits per heavy atom. The summed E-state index contributed by atoms with van der Waals surface area (Å²) < 4.78 is 5.01. The van der Waals surface area contributed by atoms with Crippen LogP contribution in [0.15, 0.2) is 11.3 Å². The lowest BCUT2D eigenvalue weighted by Gasteiger charge is -2.22. The van der Waals surface area contributed by atoms with E-state index in [9.17, 15) is 14.7 Å². The van der Waals surface area contributed by atoms with Crippen molar-refractivity contribution in [1.29, 1.82) is 0 Å². The Bertz CT molecular complexity index is 304. The first-order valence-electron chi connectivity index (χ1n) is 5.26. The number of carbonyl (C=O) groups excluding carboxylic acids is 2. The third-order valence-electron chi connectivity index (χ3n) is 2.40. The molecule has 1 N–H and O–H groups in total. The molecule has 0 amide bonds. The van der Waals surface area contributed by atoms with Crippen molar-refractivity contribution >= 4 is 11.8 Å². The van der Waals surface area contributed by atoms with Gasteiger partial charge in [0.05, 0.1) is 0 Å². The number of ketones is 1. The van der Waals surface area contributed by atoms with Crippen LogP contribution in [0.4, 0.5) is 0 Å². The average molecular weight is 212 g/mol. The second-order valence-corrected chi connectivity index (χ2v) is 3.63. The maximum absolute atomic E-state index is 11.5. The molecule has 1 unspecified atom stereocenters. The number of Topliss-reactive ketones (excluding diaryl/α,β-unsaturated/α-hetero) is 1. The van der Waals surface area contributed by atoms with E-state index in [1.807, 2.05) is 13.8 Å². The van der Waals surface area contributed by atoms with E-state index in [0.717, 1.165) is 0 Å². The Balaban J connectivity index is 2.86. The van der Waals surface area contributed by atoms with Gasteiger partial charge in [0, 0.05) is 12.8 Å². The number of ether oxygens (including phenoxy) is 1. The van der Waals surface area contributed by atoms with Gasteiger partial charge in [0.1, 0.15) is 17.4 Å². The predicted octanol–water partition coefficient (Wildman–Crippen LogP) is 1.89. The van der Waals surface area contributed by atoms with Gasteiger partial charge in [-0.2, -0.15) is 0 Å². The molecule has 1 aliphatic heterocycles. The van der Waals surface area contributed by atoms with Crippen molar-refractivity contribution in [2.75, 3.05) is 0 Å². The van der Waals surface area contributed by atoms with Gasteiger partial charge in [-0.05, 0) is 12.8 Å². The van der Waals surface area contributed by atoms with Gasteiger partial charge in [-0.15, -0.1) is 0 Å². The van der Waals surface area contributed by atoms with E-state index in [-0.39, 0.29) is 36.1 Å². The monoisotopic (exact) mass is 212 g/mol. The first-order valence-corrected chi connectivity index (χ1v) is 5.26. The van der Waals surface area contributed by atoms with Crippen molar-refractivity contribution in [3.8, 4) is 0 Å². The number of aliphatic hydroxyl groups excluding tert-OH is 1. The van der Waals surface area contributed by atoms with Crippen LogP contribution in [0.1, 0.15) is 39.5 Å². The van der Waals surface area contributed by atoms with E-state index < -0.39 is 5.97 Å². The molecule has 0 fully saturated rings. The average Bonchev–Trinajstić information content (AvgIpc) is 2.16. The van der Waals surface area contributed by atoms with Crippen LogP contribution in [0.25, 0.3) is 0 Å². The van der Waals surface area contributed by atoms with Crippen LogP contribution in [0.5, 0.6) is 0 Å². The van der Waals surface area contributed by atoms with Crippen LogP contribution in [-0.4, -0.2) is 23.0 Å². The number of hydrogen-bond acceptors (Lipinski definition) is 4. The SMILES string of the molecule is CCCC(=O)C1=C(O)CC(CC)OC1=O. The highest BCUT2D eigenvalue weighted by Crippen LogP contribution is 2.23. The smallest absolute Gasteiger partial charge is 0.345 e. The first-order chi connectivity index (χ1) is 7.10. The molecule has 0 aromatic carbocycles. The zero-order chi connectivity index (χ0) is 11.4. The van der Waals surface area contributed by atoms with Gasteiger partial charge >= 0.3 is 5.97 Å². The van der Waals surface area contributed by atoms with Gasteiger partial charge in [0.2, 0.25) is 0 Å². The topological polar surface area (TPSA) is 63.6 Å². The molecule has 84 valence electrons. The largest absolute Gasteiger partial charge is 0.511 e. The Kier molecular flexibility index (Phi) is 3.88. The lowest BCUT2D eigenvalue weighted by atomic mass is 9.99. The quantitative estimate of drug-likeness (QED) is 0.571. The normalized spacial score (nSPS) is 21.5. The molecule has 1 rings (SSSR count). The lowest BCUT2D eigenvalue weighted by molar-refractivity contribution is -0.148. The van der Waals surface area contributed by atoms with Crippen LogP contribution < -0.4 is 0 Å². The summed E-state index contributed by atoms with van der Waals surface area (Å²) in [5.41, 5.74) is -0.151. The molecule has 0 radical (unpaired) electrons. The minimum absolute atomic E-state index is 0.114. The van der Waals surface area contributed by atoms with Crippen molar-refractivity contribution < 1.29 is 19.4 Å². The molecule has 4 nitrogen and oxygen atoms in total. The Labute approximate surface area is 88.9 Å². The lowest BCUT2D eigenvalue weighted by Crippen LogP contribution is -2.29. The third kappa shape index (κ3) is 2.58. The number of aliphatic hydroxyl groups is 1. The molecule has 1 atom stereocenters. The van der Waals surface area contributed by atoms with Crippen LogP contribution in [0, 0.1) is 0 Å². The molecule has 0 bridgehead atoms. The second-order valence-electron chi connectivity index (χ2n) is 3.63. The van der Waals surface area contributed by atoms with Crippen molar-refractivity contribution in [3.05, 3.63) is 11.3 Å². The van der Waals surface area contributed by atoms with Crippen LogP contribution in [0.2, 0.25) is 0 Å². The third-order valence-corrected chi connectivity index (χ3v) is 2.40. The molecule has 1 heterocycles. The maximum Gasteiger partial charge on any atom is 0.345 e. The summed E-state index contributed by atoms with van der Waals surface area (Å²) in [6.45, 7) is 3.71. The van der Waals surface area contributed by atoms with Crippen molar-refractivity contribution in [1.82, 2.24) is 0 Å². The highest BCUT2D eigenvalue weighted by atomic mass is 16.5. The van der Waals surface area contributed by atoms with E-state index in [1.54, 1.807) is 0 Å². The van der Waals surface area contributed by atoms with Crippen LogP contribution >= 0.6 is 0 Å². The zero-order valence-corrected chi connectivity index (χ0v) is 9.08. The molecule has 0 aromatic rings. The summed E-state index contributed by atoms with van der Waals surface area (Å²) in [4.78, 5) is 22.9. The molecule has 4 heteroatoms. The number of hydrogen-bond donors (Lipinski definition) is 1. The van der Waals surface area contributed by atoms with E-state index in [4.69, 9.17) is 4.74 Å². The number of carbonyl (C=O) groups is 2. The van der Waals surface area contributed by atoms with E-state index in [2.05, 4.69) is 0 Å². The van der Waals surface area contributed by atoms with Crippen molar-refractivity contribution in [2.45, 2.75) is 45.6 Å². The zero-order valence-electron chi connectivity index (χ0n) is 9.08. The molecule has 1 aliphatic rings. The fourth-order valence-corrected chi connectivity index (χ4v) is 1.54. The molecule has 0 aromatic heterocycles. The first kappa shape index (κ1) is 11.8. The van der Waals surface area contributed by atoms with Gasteiger partial charge in [0.15, 0.2) is 5.78 Å². The summed E-state index contributed by atoms with van der Waals surface area (Å²) in [5.74, 6) is -1.12. The van der Waals surface area contributed by atoms with Gasteiger partial charge in [-0.25, -0.2) is 4.79 Å². The van der Waals surface area contributed by atoms with E-state index in [1.165, 1.54) is 0 Å². The molecular formula is C11H16O4. The second kappa shape index (κ2) is 4.96. The highest BCUT2D eigenvalue weighted by molar-refractivity contribution is 6.18. The van der Waals surface area contributed by atoms with E-state index in [0.29, 0.717) is 12.8 Å². The van der Waals surface area contributed by atoms with Gasteiger partial charge in [-0.3, -0.25) is 4.79 Å². The maximum atomic E-state index is 11.5. The van der Waals surface area contributed by atoms with Crippen LogP contribution in [0.3, 0.4) is 0 Å². The van der Waals surface area contributed by atoms with Gasteiger partial charge < -0.3 is 9.84 Å². The molecular weight excluding hydrogens is 196 g/mol. The molecule has 0 aliphatic carbocycles. The molecule has 0 spiro atoms. The summed E-state index contributed by atoms with van der Waals surface area (Å²) in [5, 5.41) is 9.60. The van der Waals surface area contributed by atoms with E-state index >= 15 is 0 Å². The summed E-state index contributed by atoms with van der Waals surface area (Å²) >= 11 is 0. The Morgan fingerprint density at radius 2 is 2.20 bits per heavy atom. The standard InChI is InChI=1S/C11H16O4/c1-3-5-8(12)10-9(13)6-7(4-2)15-11(10)14/h7,13H,3-6H2,1-2H3. The minimum Gasteiger partial charge on any atom is -0.511 e. The summed E-state index contributed by atoms with van der Waals surface area (Å²) in [7, 11) is 0. The molecule has 0 saturated carbocycles. The Hall–Kier alpha value is -1.32. The fraction of sp³-hybridized carbons (Fsp3) is 0.636. The summed E-state index contributed by atoms with van der Waals surface area (Å²) in [6, 6.07) is 0. The Morgan fingerprint density at radius 1 is 1.53 bits per heavy atom.